The van der Waals surface area contributed by atoms with E-state index in [1.807, 2.05) is 6.07 Å². The van der Waals surface area contributed by atoms with Gasteiger partial charge in [0.15, 0.2) is 0 Å². The van der Waals surface area contributed by atoms with Crippen molar-refractivity contribution >= 4 is 21.8 Å². The van der Waals surface area contributed by atoms with E-state index in [0.29, 0.717) is 23.2 Å². The summed E-state index contributed by atoms with van der Waals surface area (Å²) < 4.78 is 26.6. The van der Waals surface area contributed by atoms with Crippen molar-refractivity contribution in [2.75, 3.05) is 13.1 Å². The lowest BCUT2D eigenvalue weighted by Crippen LogP contribution is -2.35. The van der Waals surface area contributed by atoms with Crippen LogP contribution in [0.4, 0.5) is 0 Å². The largest absolute Gasteiger partial charge is 0.249 e. The molecule has 116 valence electrons. The van der Waals surface area contributed by atoms with E-state index in [1.165, 1.54) is 31.9 Å². The Balaban J connectivity index is 1.70. The molecule has 0 atom stereocenters. The van der Waals surface area contributed by atoms with E-state index in [-0.39, 0.29) is 0 Å². The molecule has 1 aromatic rings. The maximum Gasteiger partial charge on any atom is 0.244 e. The summed E-state index contributed by atoms with van der Waals surface area (Å²) in [4.78, 5) is 4.69. The topological polar surface area (TPSA) is 50.3 Å². The minimum Gasteiger partial charge on any atom is -0.249 e. The minimum absolute atomic E-state index is 0.333. The summed E-state index contributed by atoms with van der Waals surface area (Å²) in [7, 11) is -3.34. The minimum atomic E-state index is -3.34. The molecular weight excluding hydrogens is 304 g/mol. The molecule has 1 aliphatic heterocycles. The van der Waals surface area contributed by atoms with Crippen molar-refractivity contribution < 1.29 is 8.42 Å². The van der Waals surface area contributed by atoms with Gasteiger partial charge in [0.1, 0.15) is 4.90 Å². The first kappa shape index (κ1) is 15.3. The van der Waals surface area contributed by atoms with Gasteiger partial charge in [-0.1, -0.05) is 19.3 Å². The summed E-state index contributed by atoms with van der Waals surface area (Å²) in [5, 5.41) is 1.60. The summed E-state index contributed by atoms with van der Waals surface area (Å²) in [5.41, 5.74) is 0. The molecule has 1 saturated carbocycles. The van der Waals surface area contributed by atoms with Gasteiger partial charge in [-0.3, -0.25) is 0 Å². The Kier molecular flexibility index (Phi) is 4.86. The van der Waals surface area contributed by atoms with Gasteiger partial charge in [-0.2, -0.15) is 4.31 Å². The molecule has 21 heavy (non-hydrogen) atoms. The molecule has 0 radical (unpaired) electrons. The maximum atomic E-state index is 12.5. The molecule has 6 heteroatoms. The molecule has 3 rings (SSSR count). The molecule has 0 spiro atoms. The average Bonchev–Trinajstić information content (AvgIpc) is 3.02. The number of aromatic nitrogens is 1. The van der Waals surface area contributed by atoms with Gasteiger partial charge in [0.2, 0.25) is 10.0 Å². The Morgan fingerprint density at radius 3 is 2.38 bits per heavy atom. The molecule has 2 fully saturated rings. The van der Waals surface area contributed by atoms with E-state index in [2.05, 4.69) is 4.98 Å². The van der Waals surface area contributed by atoms with E-state index in [4.69, 9.17) is 0 Å². The number of nitrogens with zero attached hydrogens (tertiary/aromatic N) is 2. The quantitative estimate of drug-likeness (QED) is 0.852. The summed E-state index contributed by atoms with van der Waals surface area (Å²) in [6.07, 6.45) is 9.69. The lowest BCUT2D eigenvalue weighted by atomic mass is 10.2. The highest BCUT2D eigenvalue weighted by molar-refractivity contribution is 7.99. The fourth-order valence-electron chi connectivity index (χ4n) is 3.02. The van der Waals surface area contributed by atoms with E-state index in [1.54, 1.807) is 22.1 Å². The normalized spacial score (nSPS) is 21.7. The molecule has 1 aliphatic carbocycles. The molecule has 1 aromatic heterocycles. The SMILES string of the molecule is O=S(=O)(c1ccc(SC2CCCC2)nc1)N1CCCCC1. The van der Waals surface area contributed by atoms with E-state index in [0.717, 1.165) is 24.3 Å². The highest BCUT2D eigenvalue weighted by atomic mass is 32.2. The maximum absolute atomic E-state index is 12.5. The number of rotatable bonds is 4. The summed E-state index contributed by atoms with van der Waals surface area (Å²) in [6, 6.07) is 3.58. The fourth-order valence-corrected chi connectivity index (χ4v) is 5.65. The van der Waals surface area contributed by atoms with Crippen LogP contribution < -0.4 is 0 Å². The van der Waals surface area contributed by atoms with Crippen LogP contribution in [0.3, 0.4) is 0 Å². The van der Waals surface area contributed by atoms with Gasteiger partial charge < -0.3 is 0 Å². The Bertz CT molecular complexity index is 560. The third kappa shape index (κ3) is 3.60. The lowest BCUT2D eigenvalue weighted by Gasteiger charge is -2.25. The van der Waals surface area contributed by atoms with Gasteiger partial charge in [-0.15, -0.1) is 11.8 Å². The molecule has 0 unspecified atom stereocenters. The van der Waals surface area contributed by atoms with Crippen molar-refractivity contribution in [1.29, 1.82) is 0 Å². The zero-order chi connectivity index (χ0) is 14.7. The third-order valence-electron chi connectivity index (χ3n) is 4.25. The van der Waals surface area contributed by atoms with Crippen molar-refractivity contribution in [1.82, 2.24) is 9.29 Å². The zero-order valence-corrected chi connectivity index (χ0v) is 13.8. The number of hydrogen-bond donors (Lipinski definition) is 0. The first-order chi connectivity index (χ1) is 10.2. The van der Waals surface area contributed by atoms with E-state index < -0.39 is 10.0 Å². The number of hydrogen-bond acceptors (Lipinski definition) is 4. The highest BCUT2D eigenvalue weighted by Gasteiger charge is 2.26. The third-order valence-corrected chi connectivity index (χ3v) is 7.42. The van der Waals surface area contributed by atoms with Gasteiger partial charge >= 0.3 is 0 Å². The monoisotopic (exact) mass is 326 g/mol. The van der Waals surface area contributed by atoms with Crippen molar-refractivity contribution in [3.05, 3.63) is 18.3 Å². The van der Waals surface area contributed by atoms with Crippen LogP contribution in [-0.2, 0) is 10.0 Å². The summed E-state index contributed by atoms with van der Waals surface area (Å²) in [5.74, 6) is 0. The molecule has 0 bridgehead atoms. The highest BCUT2D eigenvalue weighted by Crippen LogP contribution is 2.34. The Hall–Kier alpha value is -0.590. The molecule has 0 amide bonds. The van der Waals surface area contributed by atoms with Crippen molar-refractivity contribution in [3.63, 3.8) is 0 Å². The first-order valence-corrected chi connectivity index (χ1v) is 10.1. The second-order valence-corrected chi connectivity index (χ2v) is 9.08. The number of thioether (sulfide) groups is 1. The summed E-state index contributed by atoms with van der Waals surface area (Å²) >= 11 is 1.79. The van der Waals surface area contributed by atoms with Gasteiger partial charge in [-0.25, -0.2) is 13.4 Å². The number of pyridine rings is 1. The Labute approximate surface area is 131 Å². The van der Waals surface area contributed by atoms with Gasteiger partial charge in [-0.05, 0) is 37.8 Å². The molecule has 1 saturated heterocycles. The van der Waals surface area contributed by atoms with Crippen LogP contribution in [-0.4, -0.2) is 36.0 Å². The van der Waals surface area contributed by atoms with E-state index in [9.17, 15) is 8.42 Å². The number of piperidine rings is 1. The van der Waals surface area contributed by atoms with Gasteiger partial charge in [0.05, 0.1) is 5.03 Å². The van der Waals surface area contributed by atoms with Crippen LogP contribution in [0.2, 0.25) is 0 Å². The standard InChI is InChI=1S/C15H22N2O2S2/c18-21(19,17-10-4-1-5-11-17)14-8-9-15(16-12-14)20-13-6-2-3-7-13/h8-9,12-13H,1-7,10-11H2. The average molecular weight is 326 g/mol. The van der Waals surface area contributed by atoms with E-state index >= 15 is 0 Å². The molecule has 4 nitrogen and oxygen atoms in total. The molecule has 0 N–H and O–H groups in total. The van der Waals surface area contributed by atoms with Crippen LogP contribution in [0.25, 0.3) is 0 Å². The van der Waals surface area contributed by atoms with Crippen molar-refractivity contribution in [2.45, 2.75) is 60.1 Å². The first-order valence-electron chi connectivity index (χ1n) is 7.79. The van der Waals surface area contributed by atoms with Crippen LogP contribution in [0.15, 0.2) is 28.3 Å². The molecule has 2 heterocycles. The van der Waals surface area contributed by atoms with Crippen LogP contribution >= 0.6 is 11.8 Å². The Morgan fingerprint density at radius 1 is 1.05 bits per heavy atom. The molecular formula is C15H22N2O2S2. The van der Waals surface area contributed by atoms with Crippen molar-refractivity contribution in [2.24, 2.45) is 0 Å². The predicted molar refractivity (Wildman–Crippen MR) is 85.0 cm³/mol. The van der Waals surface area contributed by atoms with Gasteiger partial charge in [0, 0.05) is 24.5 Å². The molecule has 0 aromatic carbocycles. The predicted octanol–water partition coefficient (Wildman–Crippen LogP) is 3.29. The number of sulfonamides is 1. The molecule has 2 aliphatic rings. The Morgan fingerprint density at radius 2 is 1.76 bits per heavy atom. The fraction of sp³-hybridized carbons (Fsp3) is 0.667. The van der Waals surface area contributed by atoms with Gasteiger partial charge in [0.25, 0.3) is 0 Å². The second kappa shape index (κ2) is 6.67. The van der Waals surface area contributed by atoms with Crippen molar-refractivity contribution in [3.8, 4) is 0 Å². The van der Waals surface area contributed by atoms with Crippen LogP contribution in [0, 0.1) is 0 Å². The van der Waals surface area contributed by atoms with Crippen LogP contribution in [0.1, 0.15) is 44.9 Å². The zero-order valence-electron chi connectivity index (χ0n) is 12.2. The lowest BCUT2D eigenvalue weighted by molar-refractivity contribution is 0.346. The summed E-state index contributed by atoms with van der Waals surface area (Å²) in [6.45, 7) is 1.28. The smallest absolute Gasteiger partial charge is 0.244 e. The second-order valence-electron chi connectivity index (χ2n) is 5.82. The van der Waals surface area contributed by atoms with Crippen LogP contribution in [0.5, 0.6) is 0 Å².